The summed E-state index contributed by atoms with van der Waals surface area (Å²) < 4.78 is 5.41. The highest BCUT2D eigenvalue weighted by Crippen LogP contribution is 2.22. The first-order valence-corrected chi connectivity index (χ1v) is 8.61. The van der Waals surface area contributed by atoms with Gasteiger partial charge >= 0.3 is 6.09 Å². The lowest BCUT2D eigenvalue weighted by molar-refractivity contribution is 0.0258. The van der Waals surface area contributed by atoms with Crippen molar-refractivity contribution in [2.75, 3.05) is 26.2 Å². The van der Waals surface area contributed by atoms with Gasteiger partial charge in [0.25, 0.3) is 0 Å². The summed E-state index contributed by atoms with van der Waals surface area (Å²) in [6.45, 7) is 11.3. The Kier molecular flexibility index (Phi) is 8.09. The summed E-state index contributed by atoms with van der Waals surface area (Å²) in [5, 5.41) is 3.54. The largest absolute Gasteiger partial charge is 0.444 e. The Morgan fingerprint density at radius 2 is 1.90 bits per heavy atom. The van der Waals surface area contributed by atoms with Crippen LogP contribution >= 0.6 is 0 Å². The molecule has 21 heavy (non-hydrogen) atoms. The maximum atomic E-state index is 12.0. The van der Waals surface area contributed by atoms with Gasteiger partial charge in [-0.15, -0.1) is 0 Å². The molecule has 0 heterocycles. The van der Waals surface area contributed by atoms with Crippen LogP contribution in [0.15, 0.2) is 0 Å². The van der Waals surface area contributed by atoms with Gasteiger partial charge in [0.1, 0.15) is 5.60 Å². The highest BCUT2D eigenvalue weighted by atomic mass is 16.6. The van der Waals surface area contributed by atoms with Gasteiger partial charge in [0.15, 0.2) is 0 Å². The van der Waals surface area contributed by atoms with Crippen molar-refractivity contribution in [2.24, 2.45) is 5.92 Å². The van der Waals surface area contributed by atoms with E-state index in [1.165, 1.54) is 32.1 Å². The molecule has 124 valence electrons. The first-order chi connectivity index (χ1) is 9.92. The van der Waals surface area contributed by atoms with Crippen LogP contribution in [0.3, 0.4) is 0 Å². The fourth-order valence-electron chi connectivity index (χ4n) is 2.80. The highest BCUT2D eigenvalue weighted by molar-refractivity contribution is 5.68. The molecule has 1 amide bonds. The first kappa shape index (κ1) is 18.3. The van der Waals surface area contributed by atoms with E-state index in [9.17, 15) is 4.79 Å². The van der Waals surface area contributed by atoms with E-state index in [0.717, 1.165) is 32.0 Å². The average molecular weight is 298 g/mol. The SMILES string of the molecule is CCN(CCCNCC1CCCCC1)C(=O)OC(C)(C)C. The van der Waals surface area contributed by atoms with Crippen molar-refractivity contribution < 1.29 is 9.53 Å². The standard InChI is InChI=1S/C17H34N2O2/c1-5-19(16(20)21-17(2,3)4)13-9-12-18-14-15-10-7-6-8-11-15/h15,18H,5-14H2,1-4H3. The summed E-state index contributed by atoms with van der Waals surface area (Å²) in [6, 6.07) is 0. The lowest BCUT2D eigenvalue weighted by atomic mass is 9.89. The molecular weight excluding hydrogens is 264 g/mol. The Morgan fingerprint density at radius 3 is 2.48 bits per heavy atom. The number of hydrogen-bond acceptors (Lipinski definition) is 3. The van der Waals surface area contributed by atoms with Gasteiger partial charge in [-0.2, -0.15) is 0 Å². The van der Waals surface area contributed by atoms with Crippen molar-refractivity contribution in [1.29, 1.82) is 0 Å². The third kappa shape index (κ3) is 8.30. The van der Waals surface area contributed by atoms with Gasteiger partial charge in [0.2, 0.25) is 0 Å². The molecule has 1 N–H and O–H groups in total. The third-order valence-electron chi connectivity index (χ3n) is 3.97. The Morgan fingerprint density at radius 1 is 1.24 bits per heavy atom. The normalized spacial score (nSPS) is 16.8. The van der Waals surface area contributed by atoms with Crippen LogP contribution in [0.4, 0.5) is 4.79 Å². The maximum Gasteiger partial charge on any atom is 0.410 e. The van der Waals surface area contributed by atoms with Crippen LogP contribution in [0.5, 0.6) is 0 Å². The molecule has 1 aliphatic carbocycles. The summed E-state index contributed by atoms with van der Waals surface area (Å²) in [4.78, 5) is 13.8. The molecule has 0 aromatic rings. The van der Waals surface area contributed by atoms with Gasteiger partial charge in [-0.25, -0.2) is 4.79 Å². The topological polar surface area (TPSA) is 41.6 Å². The highest BCUT2D eigenvalue weighted by Gasteiger charge is 2.20. The number of carbonyl (C=O) groups excluding carboxylic acids is 1. The van der Waals surface area contributed by atoms with Crippen molar-refractivity contribution in [1.82, 2.24) is 10.2 Å². The second-order valence-corrected chi connectivity index (χ2v) is 7.12. The number of rotatable bonds is 7. The number of nitrogens with one attached hydrogen (secondary N) is 1. The molecule has 0 aliphatic heterocycles. The lowest BCUT2D eigenvalue weighted by Crippen LogP contribution is -2.38. The molecule has 0 aromatic carbocycles. The summed E-state index contributed by atoms with van der Waals surface area (Å²) >= 11 is 0. The van der Waals surface area contributed by atoms with E-state index in [1.54, 1.807) is 4.90 Å². The van der Waals surface area contributed by atoms with Gasteiger partial charge in [-0.1, -0.05) is 19.3 Å². The Hall–Kier alpha value is -0.770. The molecule has 1 saturated carbocycles. The quantitative estimate of drug-likeness (QED) is 0.727. The van der Waals surface area contributed by atoms with E-state index in [0.29, 0.717) is 6.54 Å². The van der Waals surface area contributed by atoms with Crippen LogP contribution in [0.1, 0.15) is 66.2 Å². The van der Waals surface area contributed by atoms with Gasteiger partial charge in [-0.05, 0) is 66.0 Å². The fraction of sp³-hybridized carbons (Fsp3) is 0.941. The molecule has 1 rings (SSSR count). The minimum absolute atomic E-state index is 0.197. The number of nitrogens with zero attached hydrogens (tertiary/aromatic N) is 1. The van der Waals surface area contributed by atoms with Crippen LogP contribution in [-0.4, -0.2) is 42.8 Å². The second kappa shape index (κ2) is 9.29. The molecule has 0 aromatic heterocycles. The number of amides is 1. The number of carbonyl (C=O) groups is 1. The van der Waals surface area contributed by atoms with Crippen molar-refractivity contribution in [3.05, 3.63) is 0 Å². The van der Waals surface area contributed by atoms with E-state index >= 15 is 0 Å². The lowest BCUT2D eigenvalue weighted by Gasteiger charge is -2.26. The molecule has 0 spiro atoms. The van der Waals surface area contributed by atoms with E-state index in [-0.39, 0.29) is 6.09 Å². The molecule has 1 aliphatic rings. The molecule has 4 heteroatoms. The Balaban J connectivity index is 2.12. The zero-order chi connectivity index (χ0) is 15.7. The van der Waals surface area contributed by atoms with Crippen LogP contribution in [0.2, 0.25) is 0 Å². The fourth-order valence-corrected chi connectivity index (χ4v) is 2.80. The van der Waals surface area contributed by atoms with Crippen molar-refractivity contribution in [3.63, 3.8) is 0 Å². The maximum absolute atomic E-state index is 12.0. The third-order valence-corrected chi connectivity index (χ3v) is 3.97. The Labute approximate surface area is 130 Å². The van der Waals surface area contributed by atoms with E-state index in [4.69, 9.17) is 4.74 Å². The zero-order valence-corrected chi connectivity index (χ0v) is 14.4. The molecule has 0 radical (unpaired) electrons. The average Bonchev–Trinajstić information content (AvgIpc) is 2.42. The van der Waals surface area contributed by atoms with Crippen LogP contribution in [0.25, 0.3) is 0 Å². The van der Waals surface area contributed by atoms with Crippen molar-refractivity contribution >= 4 is 6.09 Å². The monoisotopic (exact) mass is 298 g/mol. The molecule has 1 fully saturated rings. The smallest absolute Gasteiger partial charge is 0.410 e. The molecule has 0 atom stereocenters. The van der Waals surface area contributed by atoms with Crippen molar-refractivity contribution in [2.45, 2.75) is 71.8 Å². The predicted octanol–water partition coefficient (Wildman–Crippen LogP) is 3.80. The predicted molar refractivity (Wildman–Crippen MR) is 87.5 cm³/mol. The van der Waals surface area contributed by atoms with Gasteiger partial charge in [0.05, 0.1) is 0 Å². The summed E-state index contributed by atoms with van der Waals surface area (Å²) in [5.74, 6) is 0.867. The van der Waals surface area contributed by atoms with Gasteiger partial charge in [0, 0.05) is 13.1 Å². The minimum Gasteiger partial charge on any atom is -0.444 e. The minimum atomic E-state index is -0.413. The summed E-state index contributed by atoms with van der Waals surface area (Å²) in [6.07, 6.45) is 7.76. The molecule has 0 saturated heterocycles. The molecule has 4 nitrogen and oxygen atoms in total. The van der Waals surface area contributed by atoms with Crippen LogP contribution in [-0.2, 0) is 4.74 Å². The second-order valence-electron chi connectivity index (χ2n) is 7.12. The molecule has 0 bridgehead atoms. The van der Waals surface area contributed by atoms with Gasteiger partial charge < -0.3 is 15.0 Å². The number of hydrogen-bond donors (Lipinski definition) is 1. The summed E-state index contributed by atoms with van der Waals surface area (Å²) in [5.41, 5.74) is -0.413. The van der Waals surface area contributed by atoms with Crippen LogP contribution in [0, 0.1) is 5.92 Å². The summed E-state index contributed by atoms with van der Waals surface area (Å²) in [7, 11) is 0. The first-order valence-electron chi connectivity index (χ1n) is 8.61. The van der Waals surface area contributed by atoms with Crippen molar-refractivity contribution in [3.8, 4) is 0 Å². The van der Waals surface area contributed by atoms with E-state index < -0.39 is 5.60 Å². The van der Waals surface area contributed by atoms with Crippen LogP contribution < -0.4 is 5.32 Å². The van der Waals surface area contributed by atoms with Gasteiger partial charge in [-0.3, -0.25) is 0 Å². The van der Waals surface area contributed by atoms with E-state index in [2.05, 4.69) is 5.32 Å². The Bertz CT molecular complexity index is 294. The van der Waals surface area contributed by atoms with E-state index in [1.807, 2.05) is 27.7 Å². The molecular formula is C17H34N2O2. The molecule has 0 unspecified atom stereocenters. The number of ether oxygens (including phenoxy) is 1. The zero-order valence-electron chi connectivity index (χ0n) is 14.4.